The number of sulfone groups is 1. The number of benzene rings is 1. The van der Waals surface area contributed by atoms with Gasteiger partial charge in [-0.15, -0.1) is 0 Å². The van der Waals surface area contributed by atoms with Gasteiger partial charge in [-0.25, -0.2) is 8.42 Å². The van der Waals surface area contributed by atoms with Gasteiger partial charge in [-0.1, -0.05) is 0 Å². The fourth-order valence-electron chi connectivity index (χ4n) is 1.49. The molecule has 0 radical (unpaired) electrons. The summed E-state index contributed by atoms with van der Waals surface area (Å²) in [5, 5.41) is 1.18. The quantitative estimate of drug-likeness (QED) is 0.766. The second-order valence-electron chi connectivity index (χ2n) is 3.09. The van der Waals surface area contributed by atoms with Gasteiger partial charge in [-0.05, 0) is 17.7 Å². The van der Waals surface area contributed by atoms with E-state index in [0.717, 1.165) is 0 Å². The molecule has 0 bridgehead atoms. The Hall–Kier alpha value is -1.49. The Morgan fingerprint density at radius 3 is 2.27 bits per heavy atom. The van der Waals surface area contributed by atoms with Crippen molar-refractivity contribution >= 4 is 15.9 Å². The van der Waals surface area contributed by atoms with Crippen LogP contribution >= 0.6 is 0 Å². The summed E-state index contributed by atoms with van der Waals surface area (Å²) in [7, 11) is -0.296. The van der Waals surface area contributed by atoms with E-state index in [1.807, 2.05) is 0 Å². The van der Waals surface area contributed by atoms with Gasteiger partial charge in [0.05, 0.1) is 19.1 Å². The van der Waals surface area contributed by atoms with Crippen molar-refractivity contribution in [3.05, 3.63) is 23.1 Å². The summed E-state index contributed by atoms with van der Waals surface area (Å²) in [5.74, 6) is 0.946. The molecule has 4 nitrogen and oxygen atoms in total. The van der Waals surface area contributed by atoms with Crippen LogP contribution in [0.15, 0.2) is 22.4 Å². The van der Waals surface area contributed by atoms with Gasteiger partial charge in [0.1, 0.15) is 0 Å². The minimum absolute atomic E-state index is 0.264. The number of fused-ring (bicyclic) bond motifs is 1. The second kappa shape index (κ2) is 3.27. The Bertz CT molecular complexity index is 529. The maximum absolute atomic E-state index is 11.5. The summed E-state index contributed by atoms with van der Waals surface area (Å²) in [5.41, 5.74) is 0.632. The molecule has 1 aromatic rings. The third-order valence-corrected chi connectivity index (χ3v) is 3.71. The molecular formula is C10H10O4S. The molecule has 0 amide bonds. The molecule has 80 valence electrons. The molecule has 0 aromatic heterocycles. The summed E-state index contributed by atoms with van der Waals surface area (Å²) in [4.78, 5) is 0.264. The molecule has 0 saturated heterocycles. The Morgan fingerprint density at radius 1 is 1.07 bits per heavy atom. The average Bonchev–Trinajstić information content (AvgIpc) is 2.52. The summed E-state index contributed by atoms with van der Waals surface area (Å²) in [6.45, 7) is 0. The van der Waals surface area contributed by atoms with Crippen LogP contribution in [-0.4, -0.2) is 22.6 Å². The van der Waals surface area contributed by atoms with Crippen molar-refractivity contribution in [3.63, 3.8) is 0 Å². The lowest BCUT2D eigenvalue weighted by Crippen LogP contribution is -1.97. The van der Waals surface area contributed by atoms with Crippen molar-refractivity contribution in [1.29, 1.82) is 0 Å². The van der Waals surface area contributed by atoms with E-state index in [1.165, 1.54) is 25.7 Å². The summed E-state index contributed by atoms with van der Waals surface area (Å²) in [6, 6.07) is 3.12. The minimum atomic E-state index is -3.28. The van der Waals surface area contributed by atoms with Crippen molar-refractivity contribution in [2.24, 2.45) is 0 Å². The molecule has 0 unspecified atom stereocenters. The van der Waals surface area contributed by atoms with Crippen molar-refractivity contribution in [2.45, 2.75) is 4.90 Å². The van der Waals surface area contributed by atoms with Crippen LogP contribution in [0.3, 0.4) is 0 Å². The molecule has 5 heteroatoms. The number of rotatable bonds is 2. The van der Waals surface area contributed by atoms with Gasteiger partial charge < -0.3 is 9.47 Å². The van der Waals surface area contributed by atoms with Crippen molar-refractivity contribution in [2.75, 3.05) is 14.2 Å². The molecule has 1 aliphatic heterocycles. The maximum atomic E-state index is 11.5. The van der Waals surface area contributed by atoms with Gasteiger partial charge in [0, 0.05) is 11.5 Å². The molecule has 0 atom stereocenters. The van der Waals surface area contributed by atoms with Crippen molar-refractivity contribution in [3.8, 4) is 11.5 Å². The van der Waals surface area contributed by atoms with E-state index < -0.39 is 9.84 Å². The zero-order valence-corrected chi connectivity index (χ0v) is 9.17. The van der Waals surface area contributed by atoms with E-state index in [9.17, 15) is 8.42 Å². The van der Waals surface area contributed by atoms with Gasteiger partial charge in [0.15, 0.2) is 11.5 Å². The Kier molecular flexibility index (Phi) is 2.19. The standard InChI is InChI=1S/C10H10O4S/c1-13-8-5-7-3-4-15(11,12)10(7)6-9(8)14-2/h3-6H,1-2H3. The van der Waals surface area contributed by atoms with E-state index in [1.54, 1.807) is 12.1 Å². The van der Waals surface area contributed by atoms with Gasteiger partial charge >= 0.3 is 0 Å². The summed E-state index contributed by atoms with van der Waals surface area (Å²) < 4.78 is 33.2. The van der Waals surface area contributed by atoms with E-state index in [-0.39, 0.29) is 4.90 Å². The van der Waals surface area contributed by atoms with Crippen LogP contribution in [0.1, 0.15) is 5.56 Å². The SMILES string of the molecule is COc1cc2c(cc1OC)S(=O)(=O)C=C2. The predicted octanol–water partition coefficient (Wildman–Crippen LogP) is 1.46. The first-order chi connectivity index (χ1) is 7.08. The van der Waals surface area contributed by atoms with Crippen LogP contribution in [0.25, 0.3) is 6.08 Å². The second-order valence-corrected chi connectivity index (χ2v) is 4.89. The topological polar surface area (TPSA) is 52.6 Å². The highest BCUT2D eigenvalue weighted by atomic mass is 32.2. The molecule has 15 heavy (non-hydrogen) atoms. The van der Waals surface area contributed by atoms with E-state index in [4.69, 9.17) is 9.47 Å². The summed E-state index contributed by atoms with van der Waals surface area (Å²) in [6.07, 6.45) is 1.55. The van der Waals surface area contributed by atoms with Gasteiger partial charge in [0.2, 0.25) is 9.84 Å². The first kappa shape index (κ1) is 10.0. The molecule has 0 N–H and O–H groups in total. The lowest BCUT2D eigenvalue weighted by atomic mass is 10.2. The molecule has 0 fully saturated rings. The van der Waals surface area contributed by atoms with Crippen LogP contribution in [-0.2, 0) is 9.84 Å². The van der Waals surface area contributed by atoms with E-state index >= 15 is 0 Å². The summed E-state index contributed by atoms with van der Waals surface area (Å²) >= 11 is 0. The third-order valence-electron chi connectivity index (χ3n) is 2.25. The number of ether oxygens (including phenoxy) is 2. The lowest BCUT2D eigenvalue weighted by molar-refractivity contribution is 0.354. The van der Waals surface area contributed by atoms with Crippen LogP contribution in [0.5, 0.6) is 11.5 Å². The Labute approximate surface area is 88.0 Å². The maximum Gasteiger partial charge on any atom is 0.200 e. The minimum Gasteiger partial charge on any atom is -0.493 e. The Balaban J connectivity index is 2.69. The van der Waals surface area contributed by atoms with Crippen LogP contribution < -0.4 is 9.47 Å². The largest absolute Gasteiger partial charge is 0.493 e. The number of hydrogen-bond acceptors (Lipinski definition) is 4. The smallest absolute Gasteiger partial charge is 0.200 e. The van der Waals surface area contributed by atoms with E-state index in [2.05, 4.69) is 0 Å². The molecule has 0 saturated carbocycles. The van der Waals surface area contributed by atoms with Crippen LogP contribution in [0.4, 0.5) is 0 Å². The first-order valence-electron chi connectivity index (χ1n) is 4.27. The lowest BCUT2D eigenvalue weighted by Gasteiger charge is -2.09. The first-order valence-corrected chi connectivity index (χ1v) is 5.82. The highest BCUT2D eigenvalue weighted by Gasteiger charge is 2.23. The molecular weight excluding hydrogens is 216 g/mol. The highest BCUT2D eigenvalue weighted by molar-refractivity contribution is 7.94. The highest BCUT2D eigenvalue weighted by Crippen LogP contribution is 2.36. The van der Waals surface area contributed by atoms with Crippen LogP contribution in [0.2, 0.25) is 0 Å². The number of hydrogen-bond donors (Lipinski definition) is 0. The molecule has 1 heterocycles. The monoisotopic (exact) mass is 226 g/mol. The zero-order valence-electron chi connectivity index (χ0n) is 8.35. The zero-order chi connectivity index (χ0) is 11.1. The molecule has 0 aliphatic carbocycles. The van der Waals surface area contributed by atoms with Gasteiger partial charge in [-0.3, -0.25) is 0 Å². The molecule has 1 aromatic carbocycles. The van der Waals surface area contributed by atoms with E-state index in [0.29, 0.717) is 17.1 Å². The van der Waals surface area contributed by atoms with Gasteiger partial charge in [-0.2, -0.15) is 0 Å². The fraction of sp³-hybridized carbons (Fsp3) is 0.200. The normalized spacial score (nSPS) is 16.1. The Morgan fingerprint density at radius 2 is 1.67 bits per heavy atom. The van der Waals surface area contributed by atoms with Crippen molar-refractivity contribution < 1.29 is 17.9 Å². The average molecular weight is 226 g/mol. The van der Waals surface area contributed by atoms with Crippen molar-refractivity contribution in [1.82, 2.24) is 0 Å². The van der Waals surface area contributed by atoms with Crippen LogP contribution in [0, 0.1) is 0 Å². The third kappa shape index (κ3) is 1.48. The molecule has 1 aliphatic rings. The predicted molar refractivity (Wildman–Crippen MR) is 55.8 cm³/mol. The fourth-order valence-corrected chi connectivity index (χ4v) is 2.69. The molecule has 0 spiro atoms. The molecule has 2 rings (SSSR count). The number of methoxy groups -OCH3 is 2. The van der Waals surface area contributed by atoms with Gasteiger partial charge in [0.25, 0.3) is 0 Å².